The molecule has 28 heavy (non-hydrogen) atoms. The SMILES string of the molecule is C[C@H](NC(=O)[C@H](CCC(=O)O)NC(=O)[C@H](C)NC(=O)[C@@H](N)CC(=O)O)C(=O)O. The van der Waals surface area contributed by atoms with Crippen LogP contribution in [0.5, 0.6) is 0 Å². The zero-order chi connectivity index (χ0) is 22.0. The van der Waals surface area contributed by atoms with Crippen LogP contribution in [0.25, 0.3) is 0 Å². The lowest BCUT2D eigenvalue weighted by atomic mass is 10.1. The van der Waals surface area contributed by atoms with Crippen LogP contribution in [0.15, 0.2) is 0 Å². The molecule has 0 aromatic carbocycles. The number of carboxylic acid groups (broad SMARTS) is 3. The van der Waals surface area contributed by atoms with E-state index in [2.05, 4.69) is 16.0 Å². The van der Waals surface area contributed by atoms with E-state index in [1.54, 1.807) is 0 Å². The summed E-state index contributed by atoms with van der Waals surface area (Å²) in [4.78, 5) is 68.1. The fourth-order valence-electron chi connectivity index (χ4n) is 1.88. The topological polar surface area (TPSA) is 225 Å². The molecule has 4 atom stereocenters. The van der Waals surface area contributed by atoms with Crippen LogP contribution in [0.4, 0.5) is 0 Å². The summed E-state index contributed by atoms with van der Waals surface area (Å²) in [7, 11) is 0. The van der Waals surface area contributed by atoms with Crippen LogP contribution >= 0.6 is 0 Å². The average molecular weight is 404 g/mol. The van der Waals surface area contributed by atoms with Crippen LogP contribution in [0.3, 0.4) is 0 Å². The van der Waals surface area contributed by atoms with Crippen molar-refractivity contribution in [2.45, 2.75) is 57.3 Å². The molecule has 13 nitrogen and oxygen atoms in total. The number of rotatable bonds is 12. The number of carboxylic acids is 3. The summed E-state index contributed by atoms with van der Waals surface area (Å²) in [6, 6.07) is -5.25. The second-order valence-electron chi connectivity index (χ2n) is 6.00. The van der Waals surface area contributed by atoms with Crippen molar-refractivity contribution in [1.29, 1.82) is 0 Å². The van der Waals surface area contributed by atoms with Crippen molar-refractivity contribution in [3.63, 3.8) is 0 Å². The van der Waals surface area contributed by atoms with Crippen molar-refractivity contribution in [2.75, 3.05) is 0 Å². The smallest absolute Gasteiger partial charge is 0.325 e. The first-order chi connectivity index (χ1) is 12.8. The summed E-state index contributed by atoms with van der Waals surface area (Å²) >= 11 is 0. The van der Waals surface area contributed by atoms with Gasteiger partial charge in [-0.15, -0.1) is 0 Å². The predicted molar refractivity (Wildman–Crippen MR) is 91.9 cm³/mol. The molecule has 0 saturated heterocycles. The molecule has 158 valence electrons. The minimum absolute atomic E-state index is 0.321. The number of carbonyl (C=O) groups is 6. The first-order valence-corrected chi connectivity index (χ1v) is 8.18. The Morgan fingerprint density at radius 1 is 0.786 bits per heavy atom. The highest BCUT2D eigenvalue weighted by Crippen LogP contribution is 2.01. The van der Waals surface area contributed by atoms with Crippen molar-refractivity contribution in [1.82, 2.24) is 16.0 Å². The third-order valence-electron chi connectivity index (χ3n) is 3.49. The van der Waals surface area contributed by atoms with Gasteiger partial charge in [0.2, 0.25) is 17.7 Å². The van der Waals surface area contributed by atoms with Crippen molar-refractivity contribution >= 4 is 35.6 Å². The zero-order valence-corrected chi connectivity index (χ0v) is 15.3. The number of amides is 3. The van der Waals surface area contributed by atoms with Crippen LogP contribution in [-0.2, 0) is 28.8 Å². The second kappa shape index (κ2) is 11.5. The molecule has 0 aliphatic carbocycles. The maximum absolute atomic E-state index is 12.2. The van der Waals surface area contributed by atoms with E-state index in [1.807, 2.05) is 0 Å². The molecule has 0 aliphatic heterocycles. The van der Waals surface area contributed by atoms with Gasteiger partial charge in [-0.05, 0) is 20.3 Å². The first-order valence-electron chi connectivity index (χ1n) is 8.18. The van der Waals surface area contributed by atoms with Gasteiger partial charge in [-0.2, -0.15) is 0 Å². The van der Waals surface area contributed by atoms with Crippen LogP contribution < -0.4 is 21.7 Å². The number of nitrogens with two attached hydrogens (primary N) is 1. The van der Waals surface area contributed by atoms with Gasteiger partial charge in [0, 0.05) is 6.42 Å². The minimum atomic E-state index is -1.39. The highest BCUT2D eigenvalue weighted by Gasteiger charge is 2.28. The van der Waals surface area contributed by atoms with Gasteiger partial charge >= 0.3 is 17.9 Å². The molecule has 0 bridgehead atoms. The molecule has 8 N–H and O–H groups in total. The van der Waals surface area contributed by atoms with Crippen molar-refractivity contribution in [2.24, 2.45) is 5.73 Å². The van der Waals surface area contributed by atoms with Crippen LogP contribution in [0.2, 0.25) is 0 Å². The zero-order valence-electron chi connectivity index (χ0n) is 15.3. The Kier molecular flexibility index (Phi) is 10.2. The quantitative estimate of drug-likeness (QED) is 0.177. The molecule has 0 rings (SSSR count). The highest BCUT2D eigenvalue weighted by atomic mass is 16.4. The lowest BCUT2D eigenvalue weighted by molar-refractivity contribution is -0.142. The Hall–Kier alpha value is -3.22. The maximum atomic E-state index is 12.2. The number of hydrogen-bond donors (Lipinski definition) is 7. The van der Waals surface area contributed by atoms with E-state index < -0.39 is 72.6 Å². The van der Waals surface area contributed by atoms with Gasteiger partial charge in [-0.25, -0.2) is 0 Å². The summed E-state index contributed by atoms with van der Waals surface area (Å²) in [5.74, 6) is -6.56. The molecule has 0 saturated carbocycles. The van der Waals surface area contributed by atoms with Gasteiger partial charge in [0.05, 0.1) is 12.5 Å². The summed E-state index contributed by atoms with van der Waals surface area (Å²) in [6.07, 6.45) is -1.46. The lowest BCUT2D eigenvalue weighted by Gasteiger charge is -2.22. The number of aliphatic carboxylic acids is 3. The van der Waals surface area contributed by atoms with Gasteiger partial charge in [-0.1, -0.05) is 0 Å². The monoisotopic (exact) mass is 404 g/mol. The van der Waals surface area contributed by atoms with E-state index in [4.69, 9.17) is 21.1 Å². The molecule has 0 heterocycles. The molecular formula is C15H24N4O9. The van der Waals surface area contributed by atoms with Crippen molar-refractivity contribution in [3.05, 3.63) is 0 Å². The standard InChI is InChI=1S/C15H24N4O9/c1-6(17-13(25)8(16)5-11(22)23)12(24)19-9(3-4-10(20)21)14(26)18-7(2)15(27)28/h6-9H,3-5,16H2,1-2H3,(H,17,25)(H,18,26)(H,19,24)(H,20,21)(H,22,23)(H,27,28)/t6-,7-,8-,9-/m0/s1. The number of nitrogens with one attached hydrogen (secondary N) is 3. The average Bonchev–Trinajstić information content (AvgIpc) is 2.56. The van der Waals surface area contributed by atoms with Crippen molar-refractivity contribution < 1.29 is 44.1 Å². The van der Waals surface area contributed by atoms with Crippen LogP contribution in [0.1, 0.15) is 33.1 Å². The van der Waals surface area contributed by atoms with E-state index in [0.717, 1.165) is 0 Å². The molecule has 0 unspecified atom stereocenters. The van der Waals surface area contributed by atoms with Gasteiger partial charge in [0.15, 0.2) is 0 Å². The largest absolute Gasteiger partial charge is 0.481 e. The van der Waals surface area contributed by atoms with E-state index in [0.29, 0.717) is 0 Å². The third-order valence-corrected chi connectivity index (χ3v) is 3.49. The van der Waals surface area contributed by atoms with E-state index in [1.165, 1.54) is 13.8 Å². The molecular weight excluding hydrogens is 380 g/mol. The Labute approximate surface area is 159 Å². The second-order valence-corrected chi connectivity index (χ2v) is 6.00. The summed E-state index contributed by atoms with van der Waals surface area (Å²) < 4.78 is 0. The van der Waals surface area contributed by atoms with E-state index in [9.17, 15) is 28.8 Å². The first kappa shape index (κ1) is 24.8. The molecule has 0 fully saturated rings. The Balaban J connectivity index is 4.98. The molecule has 0 radical (unpaired) electrons. The van der Waals surface area contributed by atoms with Crippen molar-refractivity contribution in [3.8, 4) is 0 Å². The summed E-state index contributed by atoms with van der Waals surface area (Å²) in [5, 5.41) is 32.7. The lowest BCUT2D eigenvalue weighted by Crippen LogP contribution is -2.56. The number of carbonyl (C=O) groups excluding carboxylic acids is 3. The fourth-order valence-corrected chi connectivity index (χ4v) is 1.88. The minimum Gasteiger partial charge on any atom is -0.481 e. The Bertz CT molecular complexity index is 637. The van der Waals surface area contributed by atoms with E-state index >= 15 is 0 Å². The number of hydrogen-bond acceptors (Lipinski definition) is 7. The van der Waals surface area contributed by atoms with Gasteiger partial charge in [0.25, 0.3) is 0 Å². The predicted octanol–water partition coefficient (Wildman–Crippen LogP) is -2.77. The molecule has 3 amide bonds. The molecule has 0 aliphatic rings. The molecule has 0 spiro atoms. The van der Waals surface area contributed by atoms with Gasteiger partial charge < -0.3 is 37.0 Å². The summed E-state index contributed by atoms with van der Waals surface area (Å²) in [6.45, 7) is 2.43. The highest BCUT2D eigenvalue weighted by molar-refractivity contribution is 5.94. The normalized spacial score (nSPS) is 14.7. The third kappa shape index (κ3) is 9.47. The Morgan fingerprint density at radius 2 is 1.32 bits per heavy atom. The molecule has 0 aromatic heterocycles. The van der Waals surface area contributed by atoms with Gasteiger partial charge in [-0.3, -0.25) is 28.8 Å². The molecule has 0 aromatic rings. The molecule has 13 heteroatoms. The fraction of sp³-hybridized carbons (Fsp3) is 0.600. The summed E-state index contributed by atoms with van der Waals surface area (Å²) in [5.41, 5.74) is 5.37. The Morgan fingerprint density at radius 3 is 1.79 bits per heavy atom. The van der Waals surface area contributed by atoms with E-state index in [-0.39, 0.29) is 6.42 Å². The maximum Gasteiger partial charge on any atom is 0.325 e. The van der Waals surface area contributed by atoms with Crippen LogP contribution in [-0.4, -0.2) is 75.1 Å². The van der Waals surface area contributed by atoms with Gasteiger partial charge in [0.1, 0.15) is 18.1 Å². The van der Waals surface area contributed by atoms with Crippen LogP contribution in [0, 0.1) is 0 Å².